The van der Waals surface area contributed by atoms with Crippen LogP contribution in [-0.2, 0) is 14.6 Å². The predicted molar refractivity (Wildman–Crippen MR) is 107 cm³/mol. The number of benzene rings is 2. The standard InChI is InChI=1S/C18H22N2O5S.ClH/c1-12(11-26(22,23)15-7-4-13(24-2)5-8-15)18(21)20-17-10-14(25-3)6-9-16(17)19;/h4-10,12H,11,19H2,1-3H3,(H,20,21);1H. The third kappa shape index (κ3) is 5.77. The van der Waals surface area contributed by atoms with E-state index in [1.54, 1.807) is 37.3 Å². The average molecular weight is 415 g/mol. The van der Waals surface area contributed by atoms with Gasteiger partial charge in [-0.1, -0.05) is 6.92 Å². The summed E-state index contributed by atoms with van der Waals surface area (Å²) in [5.41, 5.74) is 6.58. The Morgan fingerprint density at radius 2 is 1.63 bits per heavy atom. The molecule has 0 fully saturated rings. The summed E-state index contributed by atoms with van der Waals surface area (Å²) >= 11 is 0. The molecule has 148 valence electrons. The normalized spacial score (nSPS) is 11.8. The van der Waals surface area contributed by atoms with Crippen LogP contribution in [0.25, 0.3) is 0 Å². The van der Waals surface area contributed by atoms with E-state index in [2.05, 4.69) is 5.32 Å². The molecule has 9 heteroatoms. The number of anilines is 2. The second-order valence-electron chi connectivity index (χ2n) is 5.80. The van der Waals surface area contributed by atoms with Crippen LogP contribution in [0.15, 0.2) is 47.4 Å². The molecular formula is C18H23ClN2O5S. The molecule has 0 aliphatic carbocycles. The molecule has 1 atom stereocenters. The molecule has 0 bridgehead atoms. The van der Waals surface area contributed by atoms with E-state index in [-0.39, 0.29) is 23.1 Å². The Labute approximate surface area is 165 Å². The molecule has 3 N–H and O–H groups in total. The minimum Gasteiger partial charge on any atom is -0.497 e. The number of amides is 1. The summed E-state index contributed by atoms with van der Waals surface area (Å²) in [5.74, 6) is -0.444. The lowest BCUT2D eigenvalue weighted by atomic mass is 10.2. The molecule has 0 aliphatic rings. The predicted octanol–water partition coefficient (Wildman–Crippen LogP) is 2.76. The van der Waals surface area contributed by atoms with Gasteiger partial charge in [-0.05, 0) is 36.4 Å². The number of methoxy groups -OCH3 is 2. The van der Waals surface area contributed by atoms with Crippen LogP contribution in [0.4, 0.5) is 11.4 Å². The summed E-state index contributed by atoms with van der Waals surface area (Å²) in [7, 11) is -0.616. The van der Waals surface area contributed by atoms with Gasteiger partial charge in [0, 0.05) is 12.0 Å². The van der Waals surface area contributed by atoms with Crippen LogP contribution in [0.5, 0.6) is 11.5 Å². The van der Waals surface area contributed by atoms with Gasteiger partial charge in [-0.15, -0.1) is 12.4 Å². The zero-order chi connectivity index (χ0) is 19.3. The molecule has 2 aromatic carbocycles. The fraction of sp³-hybridized carbons (Fsp3) is 0.278. The number of hydrogen-bond acceptors (Lipinski definition) is 6. The summed E-state index contributed by atoms with van der Waals surface area (Å²) in [4.78, 5) is 12.5. The lowest BCUT2D eigenvalue weighted by Crippen LogP contribution is -2.27. The Bertz CT molecular complexity index is 885. The first-order chi connectivity index (χ1) is 12.3. The molecule has 27 heavy (non-hydrogen) atoms. The quantitative estimate of drug-likeness (QED) is 0.674. The molecular weight excluding hydrogens is 392 g/mol. The van der Waals surface area contributed by atoms with Crippen molar-refractivity contribution in [2.45, 2.75) is 11.8 Å². The van der Waals surface area contributed by atoms with Crippen molar-refractivity contribution in [1.82, 2.24) is 0 Å². The monoisotopic (exact) mass is 414 g/mol. The van der Waals surface area contributed by atoms with Crippen LogP contribution in [0, 0.1) is 5.92 Å². The number of halogens is 1. The van der Waals surface area contributed by atoms with Crippen LogP contribution in [0.3, 0.4) is 0 Å². The van der Waals surface area contributed by atoms with E-state index in [9.17, 15) is 13.2 Å². The van der Waals surface area contributed by atoms with E-state index >= 15 is 0 Å². The second kappa shape index (κ2) is 9.48. The summed E-state index contributed by atoms with van der Waals surface area (Å²) in [6.45, 7) is 1.55. The molecule has 0 aliphatic heterocycles. The average Bonchev–Trinajstić information content (AvgIpc) is 2.63. The number of nitrogens with one attached hydrogen (secondary N) is 1. The SMILES string of the molecule is COc1ccc(S(=O)(=O)CC(C)C(=O)Nc2cc(OC)ccc2N)cc1.Cl. The number of hydrogen-bond donors (Lipinski definition) is 2. The van der Waals surface area contributed by atoms with Gasteiger partial charge in [0.15, 0.2) is 9.84 Å². The molecule has 0 aromatic heterocycles. The zero-order valence-electron chi connectivity index (χ0n) is 15.3. The van der Waals surface area contributed by atoms with E-state index in [0.717, 1.165) is 0 Å². The molecule has 1 amide bonds. The van der Waals surface area contributed by atoms with Crippen molar-refractivity contribution in [1.29, 1.82) is 0 Å². The summed E-state index contributed by atoms with van der Waals surface area (Å²) in [6, 6.07) is 10.9. The zero-order valence-corrected chi connectivity index (χ0v) is 16.9. The van der Waals surface area contributed by atoms with E-state index in [1.807, 2.05) is 0 Å². The highest BCUT2D eigenvalue weighted by atomic mass is 35.5. The van der Waals surface area contributed by atoms with Gasteiger partial charge in [0.25, 0.3) is 0 Å². The van der Waals surface area contributed by atoms with Gasteiger partial charge >= 0.3 is 0 Å². The Morgan fingerprint density at radius 1 is 1.07 bits per heavy atom. The van der Waals surface area contributed by atoms with E-state index < -0.39 is 21.7 Å². The van der Waals surface area contributed by atoms with Crippen LogP contribution < -0.4 is 20.5 Å². The number of carbonyl (C=O) groups excluding carboxylic acids is 1. The summed E-state index contributed by atoms with van der Waals surface area (Å²) in [6.07, 6.45) is 0. The van der Waals surface area contributed by atoms with E-state index in [0.29, 0.717) is 22.9 Å². The number of carbonyl (C=O) groups is 1. The third-order valence-corrected chi connectivity index (χ3v) is 5.78. The van der Waals surface area contributed by atoms with Crippen molar-refractivity contribution in [2.75, 3.05) is 31.0 Å². The minimum absolute atomic E-state index is 0. The molecule has 2 rings (SSSR count). The molecule has 0 saturated carbocycles. The van der Waals surface area contributed by atoms with E-state index in [4.69, 9.17) is 15.2 Å². The summed E-state index contributed by atoms with van der Waals surface area (Å²) < 4.78 is 35.1. The molecule has 1 unspecified atom stereocenters. The molecule has 0 radical (unpaired) electrons. The number of sulfone groups is 1. The van der Waals surface area contributed by atoms with E-state index in [1.165, 1.54) is 26.4 Å². The number of nitrogens with two attached hydrogens (primary N) is 1. The maximum Gasteiger partial charge on any atom is 0.228 e. The smallest absolute Gasteiger partial charge is 0.228 e. The lowest BCUT2D eigenvalue weighted by Gasteiger charge is -2.15. The topological polar surface area (TPSA) is 108 Å². The van der Waals surface area contributed by atoms with Gasteiger partial charge in [-0.25, -0.2) is 8.42 Å². The number of nitrogen functional groups attached to an aromatic ring is 1. The third-order valence-electron chi connectivity index (χ3n) is 3.85. The molecule has 0 spiro atoms. The Hall–Kier alpha value is -2.45. The van der Waals surface area contributed by atoms with Crippen molar-refractivity contribution in [3.63, 3.8) is 0 Å². The van der Waals surface area contributed by atoms with Crippen LogP contribution in [0.2, 0.25) is 0 Å². The van der Waals surface area contributed by atoms with Crippen molar-refractivity contribution in [3.05, 3.63) is 42.5 Å². The van der Waals surface area contributed by atoms with Crippen molar-refractivity contribution in [3.8, 4) is 11.5 Å². The van der Waals surface area contributed by atoms with Gasteiger partial charge in [-0.3, -0.25) is 4.79 Å². The highest BCUT2D eigenvalue weighted by Gasteiger charge is 2.24. The Balaban J connectivity index is 0.00000364. The maximum absolute atomic E-state index is 12.5. The highest BCUT2D eigenvalue weighted by molar-refractivity contribution is 7.91. The van der Waals surface area contributed by atoms with Gasteiger partial charge in [-0.2, -0.15) is 0 Å². The molecule has 0 heterocycles. The lowest BCUT2D eigenvalue weighted by molar-refractivity contribution is -0.118. The van der Waals surface area contributed by atoms with Crippen LogP contribution in [-0.4, -0.2) is 34.3 Å². The Morgan fingerprint density at radius 3 is 2.19 bits per heavy atom. The van der Waals surface area contributed by atoms with Gasteiger partial charge < -0.3 is 20.5 Å². The highest BCUT2D eigenvalue weighted by Crippen LogP contribution is 2.25. The minimum atomic E-state index is -3.62. The van der Waals surface area contributed by atoms with Gasteiger partial charge in [0.05, 0.1) is 36.2 Å². The van der Waals surface area contributed by atoms with Crippen molar-refractivity contribution in [2.24, 2.45) is 5.92 Å². The fourth-order valence-electron chi connectivity index (χ4n) is 2.31. The molecule has 7 nitrogen and oxygen atoms in total. The van der Waals surface area contributed by atoms with Crippen molar-refractivity contribution >= 4 is 39.5 Å². The Kier molecular flexibility index (Phi) is 7.93. The first-order valence-corrected chi connectivity index (χ1v) is 9.53. The van der Waals surface area contributed by atoms with Crippen LogP contribution in [0.1, 0.15) is 6.92 Å². The summed E-state index contributed by atoms with van der Waals surface area (Å²) in [5, 5.41) is 2.65. The first-order valence-electron chi connectivity index (χ1n) is 7.88. The van der Waals surface area contributed by atoms with Gasteiger partial charge in [0.1, 0.15) is 11.5 Å². The maximum atomic E-state index is 12.5. The largest absolute Gasteiger partial charge is 0.497 e. The van der Waals surface area contributed by atoms with Crippen LogP contribution >= 0.6 is 12.4 Å². The van der Waals surface area contributed by atoms with Crippen molar-refractivity contribution < 1.29 is 22.7 Å². The second-order valence-corrected chi connectivity index (χ2v) is 7.83. The van der Waals surface area contributed by atoms with Gasteiger partial charge in [0.2, 0.25) is 5.91 Å². The fourth-order valence-corrected chi connectivity index (χ4v) is 3.86. The molecule has 0 saturated heterocycles. The molecule has 2 aromatic rings. The number of rotatable bonds is 7. The first kappa shape index (κ1) is 22.6. The number of ether oxygens (including phenoxy) is 2.